The SMILES string of the molecule is O=C(NS(=O)(=O)c1ccccc1)c1ccc(-n2cccn2)nc1N1CCCC1. The second kappa shape index (κ2) is 7.43. The second-order valence-corrected chi connectivity index (χ2v) is 8.12. The van der Waals surface area contributed by atoms with Crippen molar-refractivity contribution in [2.75, 3.05) is 18.0 Å². The molecule has 4 rings (SSSR count). The number of carbonyl (C=O) groups excluding carboxylic acids is 1. The highest BCUT2D eigenvalue weighted by Crippen LogP contribution is 2.24. The molecule has 9 heteroatoms. The van der Waals surface area contributed by atoms with Gasteiger partial charge in [-0.2, -0.15) is 5.10 Å². The number of benzene rings is 1. The summed E-state index contributed by atoms with van der Waals surface area (Å²) in [5, 5.41) is 4.17. The van der Waals surface area contributed by atoms with Crippen LogP contribution in [-0.4, -0.2) is 42.2 Å². The average Bonchev–Trinajstić information content (AvgIpc) is 3.42. The number of anilines is 1. The lowest BCUT2D eigenvalue weighted by Gasteiger charge is -2.20. The largest absolute Gasteiger partial charge is 0.356 e. The number of hydrogen-bond donors (Lipinski definition) is 1. The van der Waals surface area contributed by atoms with Crippen LogP contribution in [0.1, 0.15) is 23.2 Å². The number of aromatic nitrogens is 3. The van der Waals surface area contributed by atoms with E-state index in [0.717, 1.165) is 25.9 Å². The first-order valence-corrected chi connectivity index (χ1v) is 10.4. The minimum atomic E-state index is -3.96. The molecule has 0 bridgehead atoms. The van der Waals surface area contributed by atoms with Crippen molar-refractivity contribution in [1.29, 1.82) is 0 Å². The lowest BCUT2D eigenvalue weighted by molar-refractivity contribution is 0.0981. The molecule has 1 saturated heterocycles. The minimum Gasteiger partial charge on any atom is -0.356 e. The summed E-state index contributed by atoms with van der Waals surface area (Å²) in [6.07, 6.45) is 5.40. The van der Waals surface area contributed by atoms with Crippen molar-refractivity contribution in [3.63, 3.8) is 0 Å². The Morgan fingerprint density at radius 2 is 1.75 bits per heavy atom. The third-order valence-corrected chi connectivity index (χ3v) is 5.88. The molecule has 0 atom stereocenters. The van der Waals surface area contributed by atoms with Gasteiger partial charge in [0.25, 0.3) is 15.9 Å². The summed E-state index contributed by atoms with van der Waals surface area (Å²) in [6, 6.07) is 12.8. The van der Waals surface area contributed by atoms with Crippen LogP contribution in [0.25, 0.3) is 5.82 Å². The van der Waals surface area contributed by atoms with Crippen LogP contribution < -0.4 is 9.62 Å². The van der Waals surface area contributed by atoms with Gasteiger partial charge in [0, 0.05) is 25.5 Å². The Kier molecular flexibility index (Phi) is 4.82. The molecule has 144 valence electrons. The highest BCUT2D eigenvalue weighted by molar-refractivity contribution is 7.90. The molecule has 0 saturated carbocycles. The standard InChI is InChI=1S/C19H19N5O3S/c25-19(22-28(26,27)15-7-2-1-3-8-15)16-9-10-17(24-14-6-11-20-24)21-18(16)23-12-4-5-13-23/h1-3,6-11,14H,4-5,12-13H2,(H,22,25). The maximum absolute atomic E-state index is 12.8. The molecule has 0 spiro atoms. The molecular weight excluding hydrogens is 378 g/mol. The van der Waals surface area contributed by atoms with Crippen molar-refractivity contribution in [1.82, 2.24) is 19.5 Å². The predicted octanol–water partition coefficient (Wildman–Crippen LogP) is 1.99. The summed E-state index contributed by atoms with van der Waals surface area (Å²) in [5.74, 6) is 0.325. The van der Waals surface area contributed by atoms with E-state index in [2.05, 4.69) is 14.8 Å². The fourth-order valence-corrected chi connectivity index (χ4v) is 4.14. The molecule has 3 aromatic rings. The zero-order chi connectivity index (χ0) is 19.6. The number of carbonyl (C=O) groups is 1. The second-order valence-electron chi connectivity index (χ2n) is 6.43. The van der Waals surface area contributed by atoms with E-state index < -0.39 is 15.9 Å². The van der Waals surface area contributed by atoms with Crippen molar-refractivity contribution in [3.8, 4) is 5.82 Å². The van der Waals surface area contributed by atoms with Gasteiger partial charge >= 0.3 is 0 Å². The van der Waals surface area contributed by atoms with E-state index in [0.29, 0.717) is 11.6 Å². The van der Waals surface area contributed by atoms with E-state index in [4.69, 9.17) is 0 Å². The third kappa shape index (κ3) is 3.61. The smallest absolute Gasteiger partial charge is 0.268 e. The summed E-state index contributed by atoms with van der Waals surface area (Å²) in [7, 11) is -3.96. The lowest BCUT2D eigenvalue weighted by atomic mass is 10.2. The Hall–Kier alpha value is -3.20. The molecule has 1 aromatic carbocycles. The van der Waals surface area contributed by atoms with Gasteiger partial charge in [-0.25, -0.2) is 22.8 Å². The Balaban J connectivity index is 1.69. The molecular formula is C19H19N5O3S. The van der Waals surface area contributed by atoms with Crippen molar-refractivity contribution in [2.24, 2.45) is 0 Å². The lowest BCUT2D eigenvalue weighted by Crippen LogP contribution is -2.33. The van der Waals surface area contributed by atoms with E-state index in [9.17, 15) is 13.2 Å². The van der Waals surface area contributed by atoms with Gasteiger partial charge in [-0.05, 0) is 43.2 Å². The molecule has 1 aliphatic rings. The van der Waals surface area contributed by atoms with Crippen molar-refractivity contribution < 1.29 is 13.2 Å². The summed E-state index contributed by atoms with van der Waals surface area (Å²) in [4.78, 5) is 19.5. The van der Waals surface area contributed by atoms with Crippen LogP contribution in [-0.2, 0) is 10.0 Å². The number of nitrogens with zero attached hydrogens (tertiary/aromatic N) is 4. The number of amides is 1. The molecule has 0 unspecified atom stereocenters. The fourth-order valence-electron chi connectivity index (χ4n) is 3.15. The van der Waals surface area contributed by atoms with Gasteiger partial charge in [-0.3, -0.25) is 4.79 Å². The average molecular weight is 397 g/mol. The number of sulfonamides is 1. The Labute approximate surface area is 162 Å². The van der Waals surface area contributed by atoms with Crippen LogP contribution in [0.2, 0.25) is 0 Å². The van der Waals surface area contributed by atoms with Crippen LogP contribution in [0.3, 0.4) is 0 Å². The van der Waals surface area contributed by atoms with Gasteiger partial charge < -0.3 is 4.90 Å². The number of hydrogen-bond acceptors (Lipinski definition) is 6. The molecule has 3 heterocycles. The van der Waals surface area contributed by atoms with E-state index in [1.54, 1.807) is 53.5 Å². The highest BCUT2D eigenvalue weighted by atomic mass is 32.2. The topological polar surface area (TPSA) is 97.2 Å². The highest BCUT2D eigenvalue weighted by Gasteiger charge is 2.25. The third-order valence-electron chi connectivity index (χ3n) is 4.53. The summed E-state index contributed by atoms with van der Waals surface area (Å²) in [5.41, 5.74) is 0.220. The van der Waals surface area contributed by atoms with Crippen LogP contribution in [0, 0.1) is 0 Å². The molecule has 1 fully saturated rings. The number of pyridine rings is 1. The van der Waals surface area contributed by atoms with E-state index in [1.165, 1.54) is 12.1 Å². The van der Waals surface area contributed by atoms with Gasteiger partial charge in [0.05, 0.1) is 10.5 Å². The van der Waals surface area contributed by atoms with Gasteiger partial charge in [0.15, 0.2) is 5.82 Å². The Morgan fingerprint density at radius 3 is 2.43 bits per heavy atom. The van der Waals surface area contributed by atoms with Gasteiger partial charge in [-0.1, -0.05) is 18.2 Å². The predicted molar refractivity (Wildman–Crippen MR) is 104 cm³/mol. The molecule has 1 amide bonds. The Morgan fingerprint density at radius 1 is 1.00 bits per heavy atom. The van der Waals surface area contributed by atoms with Crippen LogP contribution in [0.5, 0.6) is 0 Å². The zero-order valence-corrected chi connectivity index (χ0v) is 15.8. The fraction of sp³-hybridized carbons (Fsp3) is 0.211. The van der Waals surface area contributed by atoms with Crippen LogP contribution in [0.4, 0.5) is 5.82 Å². The normalized spacial score (nSPS) is 14.2. The molecule has 1 aliphatic heterocycles. The maximum atomic E-state index is 12.8. The molecule has 28 heavy (non-hydrogen) atoms. The molecule has 1 N–H and O–H groups in total. The van der Waals surface area contributed by atoms with Crippen molar-refractivity contribution in [3.05, 3.63) is 66.5 Å². The van der Waals surface area contributed by atoms with E-state index in [-0.39, 0.29) is 10.5 Å². The zero-order valence-electron chi connectivity index (χ0n) is 15.0. The van der Waals surface area contributed by atoms with E-state index >= 15 is 0 Å². The number of nitrogens with one attached hydrogen (secondary N) is 1. The van der Waals surface area contributed by atoms with Crippen LogP contribution in [0.15, 0.2) is 65.8 Å². The Bertz CT molecular complexity index is 1080. The minimum absolute atomic E-state index is 0.0344. The molecule has 0 aliphatic carbocycles. The summed E-state index contributed by atoms with van der Waals surface area (Å²) >= 11 is 0. The monoisotopic (exact) mass is 397 g/mol. The van der Waals surface area contributed by atoms with Crippen LogP contribution >= 0.6 is 0 Å². The van der Waals surface area contributed by atoms with Gasteiger partial charge in [-0.15, -0.1) is 0 Å². The quantitative estimate of drug-likeness (QED) is 0.707. The molecule has 2 aromatic heterocycles. The molecule has 8 nitrogen and oxygen atoms in total. The summed E-state index contributed by atoms with van der Waals surface area (Å²) < 4.78 is 28.8. The van der Waals surface area contributed by atoms with Gasteiger partial charge in [0.2, 0.25) is 0 Å². The maximum Gasteiger partial charge on any atom is 0.268 e. The first-order chi connectivity index (χ1) is 13.5. The first kappa shape index (κ1) is 18.2. The summed E-state index contributed by atoms with van der Waals surface area (Å²) in [6.45, 7) is 1.53. The number of rotatable bonds is 5. The first-order valence-electron chi connectivity index (χ1n) is 8.93. The van der Waals surface area contributed by atoms with Crippen molar-refractivity contribution >= 4 is 21.7 Å². The van der Waals surface area contributed by atoms with E-state index in [1.807, 2.05) is 4.90 Å². The van der Waals surface area contributed by atoms with Crippen molar-refractivity contribution in [2.45, 2.75) is 17.7 Å². The van der Waals surface area contributed by atoms with Gasteiger partial charge in [0.1, 0.15) is 5.82 Å². The molecule has 0 radical (unpaired) electrons.